The summed E-state index contributed by atoms with van der Waals surface area (Å²) in [5.41, 5.74) is 2.84. The number of aromatic nitrogens is 4. The summed E-state index contributed by atoms with van der Waals surface area (Å²) in [7, 11) is -5.03. The molecule has 0 aliphatic heterocycles. The molecule has 0 N–H and O–H groups in total. The first kappa shape index (κ1) is 23.9. The minimum absolute atomic E-state index is 0.214. The lowest BCUT2D eigenvalue weighted by atomic mass is 10.1. The molecule has 33 heavy (non-hydrogen) atoms. The van der Waals surface area contributed by atoms with E-state index in [1.165, 1.54) is 3.97 Å². The van der Waals surface area contributed by atoms with Crippen LogP contribution in [-0.2, 0) is 21.5 Å². The molecule has 3 heterocycles. The van der Waals surface area contributed by atoms with Crippen LogP contribution < -0.4 is 0 Å². The predicted molar refractivity (Wildman–Crippen MR) is 137 cm³/mol. The summed E-state index contributed by atoms with van der Waals surface area (Å²) in [6, 6.07) is 13.4. The Kier molecular flexibility index (Phi) is 6.63. The lowest BCUT2D eigenvalue weighted by molar-refractivity contribution is 0.0796. The fourth-order valence-electron chi connectivity index (χ4n) is 3.47. The van der Waals surface area contributed by atoms with Gasteiger partial charge in [0.05, 0.1) is 10.6 Å². The van der Waals surface area contributed by atoms with Crippen molar-refractivity contribution in [1.29, 1.82) is 0 Å². The molecule has 4 aromatic rings. The molecule has 0 unspecified atom stereocenters. The second-order valence-electron chi connectivity index (χ2n) is 9.23. The van der Waals surface area contributed by atoms with Gasteiger partial charge in [-0.2, -0.15) is 5.10 Å². The number of pyridine rings is 1. The van der Waals surface area contributed by atoms with Crippen molar-refractivity contribution in [1.82, 2.24) is 18.7 Å². The van der Waals surface area contributed by atoms with Crippen molar-refractivity contribution < 1.29 is 13.2 Å². The molecule has 7 nitrogen and oxygen atoms in total. The predicted octanol–water partition coefficient (Wildman–Crippen LogP) is 5.52. The van der Waals surface area contributed by atoms with E-state index >= 15 is 0 Å². The number of fused-ring (bicyclic) bond motifs is 1. The number of benzene rings is 1. The third-order valence-electron chi connectivity index (χ3n) is 5.35. The van der Waals surface area contributed by atoms with Gasteiger partial charge in [-0.15, -0.1) is 0 Å². The Morgan fingerprint density at radius 1 is 1.12 bits per heavy atom. The molecule has 0 aliphatic carbocycles. The second kappa shape index (κ2) is 9.17. The van der Waals surface area contributed by atoms with Gasteiger partial charge in [0.25, 0.3) is 10.0 Å². The molecule has 174 valence electrons. The van der Waals surface area contributed by atoms with Crippen molar-refractivity contribution in [3.8, 4) is 11.3 Å². The molecule has 3 aromatic heterocycles. The van der Waals surface area contributed by atoms with Crippen LogP contribution in [-0.4, -0.2) is 41.8 Å². The number of aryl methyl sites for hydroxylation is 1. The summed E-state index contributed by atoms with van der Waals surface area (Å²) >= 11 is 3.45. The zero-order chi connectivity index (χ0) is 23.8. The van der Waals surface area contributed by atoms with E-state index in [0.717, 1.165) is 28.3 Å². The normalized spacial score (nSPS) is 12.5. The van der Waals surface area contributed by atoms with Gasteiger partial charge in [-0.25, -0.2) is 22.1 Å². The number of nitrogens with zero attached hydrogens (tertiary/aromatic N) is 4. The van der Waals surface area contributed by atoms with E-state index in [9.17, 15) is 8.42 Å². The van der Waals surface area contributed by atoms with E-state index in [0.29, 0.717) is 16.9 Å². The minimum Gasteiger partial charge on any atom is -0.360 e. The molecule has 0 spiro atoms. The Morgan fingerprint density at radius 3 is 2.55 bits per heavy atom. The largest absolute Gasteiger partial charge is 0.360 e. The standard InChI is InChI=1S/C23H27BrN4O3SSi/c1-17-7-9-18(10-8-17)32(29,30)28-15-20(19-6-5-11-25-23(19)28)21-14-22(24)26-27(21)16-31-12-13-33(2,3)4/h5-11,14-15H,12-13,16H2,1-4H3. The van der Waals surface area contributed by atoms with Crippen LogP contribution in [0.5, 0.6) is 0 Å². The SMILES string of the molecule is Cc1ccc(S(=O)(=O)n2cc(-c3cc(Br)nn3COCC[Si](C)(C)C)c3cccnc32)cc1. The summed E-state index contributed by atoms with van der Waals surface area (Å²) in [6.45, 7) is 9.79. The zero-order valence-corrected chi connectivity index (χ0v) is 22.5. The molecule has 4 rings (SSSR count). The second-order valence-corrected chi connectivity index (χ2v) is 17.5. The van der Waals surface area contributed by atoms with Crippen molar-refractivity contribution in [2.24, 2.45) is 0 Å². The van der Waals surface area contributed by atoms with E-state index in [1.54, 1.807) is 47.4 Å². The van der Waals surface area contributed by atoms with Crippen LogP contribution in [0.1, 0.15) is 5.56 Å². The molecule has 0 atom stereocenters. The zero-order valence-electron chi connectivity index (χ0n) is 19.1. The van der Waals surface area contributed by atoms with Crippen LogP contribution >= 0.6 is 15.9 Å². The summed E-state index contributed by atoms with van der Waals surface area (Å²) < 4.78 is 36.5. The number of hydrogen-bond acceptors (Lipinski definition) is 5. The first-order valence-corrected chi connectivity index (χ1v) is 16.6. The van der Waals surface area contributed by atoms with Gasteiger partial charge in [-0.1, -0.05) is 37.3 Å². The number of halogens is 1. The molecule has 0 bridgehead atoms. The molecular weight excluding hydrogens is 520 g/mol. The Balaban J connectivity index is 1.76. The Morgan fingerprint density at radius 2 is 1.85 bits per heavy atom. The summed E-state index contributed by atoms with van der Waals surface area (Å²) in [4.78, 5) is 4.61. The third-order valence-corrected chi connectivity index (χ3v) is 9.10. The van der Waals surface area contributed by atoms with Gasteiger partial charge in [0.15, 0.2) is 5.65 Å². The fraction of sp³-hybridized carbons (Fsp3) is 0.304. The van der Waals surface area contributed by atoms with Crippen LogP contribution in [0.3, 0.4) is 0 Å². The van der Waals surface area contributed by atoms with Crippen molar-refractivity contribution in [2.75, 3.05) is 6.61 Å². The molecule has 1 aromatic carbocycles. The van der Waals surface area contributed by atoms with E-state index in [1.807, 2.05) is 19.1 Å². The van der Waals surface area contributed by atoms with Crippen LogP contribution in [0.4, 0.5) is 0 Å². The highest BCUT2D eigenvalue weighted by atomic mass is 79.9. The maximum absolute atomic E-state index is 13.5. The number of rotatable bonds is 8. The lowest BCUT2D eigenvalue weighted by Crippen LogP contribution is -2.22. The Labute approximate surface area is 203 Å². The van der Waals surface area contributed by atoms with Crippen LogP contribution in [0.15, 0.2) is 64.4 Å². The van der Waals surface area contributed by atoms with Crippen molar-refractivity contribution >= 4 is 45.1 Å². The van der Waals surface area contributed by atoms with Gasteiger partial charge in [0.1, 0.15) is 11.3 Å². The highest BCUT2D eigenvalue weighted by molar-refractivity contribution is 9.10. The van der Waals surface area contributed by atoms with Gasteiger partial charge in [0, 0.05) is 38.0 Å². The average molecular weight is 548 g/mol. The van der Waals surface area contributed by atoms with Gasteiger partial charge in [-0.3, -0.25) is 0 Å². The van der Waals surface area contributed by atoms with E-state index in [2.05, 4.69) is 45.7 Å². The van der Waals surface area contributed by atoms with Crippen molar-refractivity contribution in [3.63, 3.8) is 0 Å². The topological polar surface area (TPSA) is 79.0 Å². The number of ether oxygens (including phenoxy) is 1. The number of hydrogen-bond donors (Lipinski definition) is 0. The van der Waals surface area contributed by atoms with Crippen LogP contribution in [0, 0.1) is 6.92 Å². The molecule has 0 aliphatic rings. The van der Waals surface area contributed by atoms with Crippen LogP contribution in [0.2, 0.25) is 25.7 Å². The summed E-state index contributed by atoms with van der Waals surface area (Å²) in [5.74, 6) is 0. The highest BCUT2D eigenvalue weighted by Gasteiger charge is 2.24. The van der Waals surface area contributed by atoms with E-state index in [4.69, 9.17) is 4.74 Å². The molecule has 0 fully saturated rings. The van der Waals surface area contributed by atoms with Crippen molar-refractivity contribution in [3.05, 3.63) is 65.0 Å². The maximum atomic E-state index is 13.5. The van der Waals surface area contributed by atoms with Crippen molar-refractivity contribution in [2.45, 2.75) is 44.2 Å². The Bertz CT molecular complexity index is 1390. The molecule has 0 radical (unpaired) electrons. The molecule has 0 saturated heterocycles. The van der Waals surface area contributed by atoms with Crippen LogP contribution in [0.25, 0.3) is 22.3 Å². The van der Waals surface area contributed by atoms with Gasteiger partial charge in [-0.05, 0) is 59.2 Å². The van der Waals surface area contributed by atoms with Gasteiger partial charge in [0.2, 0.25) is 0 Å². The first-order chi connectivity index (χ1) is 15.6. The fourth-order valence-corrected chi connectivity index (χ4v) is 5.96. The molecule has 10 heteroatoms. The highest BCUT2D eigenvalue weighted by Crippen LogP contribution is 2.33. The van der Waals surface area contributed by atoms with Gasteiger partial charge >= 0.3 is 0 Å². The first-order valence-electron chi connectivity index (χ1n) is 10.7. The average Bonchev–Trinajstić information content (AvgIpc) is 3.31. The smallest absolute Gasteiger partial charge is 0.269 e. The molecule has 0 amide bonds. The Hall–Kier alpha value is -2.27. The van der Waals surface area contributed by atoms with E-state index in [-0.39, 0.29) is 11.6 Å². The summed E-state index contributed by atoms with van der Waals surface area (Å²) in [6.07, 6.45) is 3.22. The summed E-state index contributed by atoms with van der Waals surface area (Å²) in [5, 5.41) is 5.23. The monoisotopic (exact) mass is 546 g/mol. The maximum Gasteiger partial charge on any atom is 0.269 e. The van der Waals surface area contributed by atoms with Gasteiger partial charge < -0.3 is 4.74 Å². The quantitative estimate of drug-likeness (QED) is 0.214. The minimum atomic E-state index is -3.83. The molecule has 0 saturated carbocycles. The third kappa shape index (κ3) is 5.13. The van der Waals surface area contributed by atoms with E-state index < -0.39 is 18.1 Å². The lowest BCUT2D eigenvalue weighted by Gasteiger charge is -2.15. The molecular formula is C23H27BrN4O3SSi.